The first-order chi connectivity index (χ1) is 9.11. The van der Waals surface area contributed by atoms with E-state index < -0.39 is 17.7 Å². The van der Waals surface area contributed by atoms with Gasteiger partial charge in [0.2, 0.25) is 0 Å². The van der Waals surface area contributed by atoms with Crippen LogP contribution in [0.1, 0.15) is 11.7 Å². The SMILES string of the molecule is NCC(Oc1ccc(F)cc1F)c1ccccc1Cl. The lowest BCUT2D eigenvalue weighted by molar-refractivity contribution is 0.204. The minimum absolute atomic E-state index is 0.0585. The van der Waals surface area contributed by atoms with E-state index in [-0.39, 0.29) is 12.3 Å². The fourth-order valence-corrected chi connectivity index (χ4v) is 1.96. The van der Waals surface area contributed by atoms with Crippen LogP contribution in [0.5, 0.6) is 5.75 Å². The molecule has 2 aromatic carbocycles. The second-order valence-corrected chi connectivity index (χ2v) is 4.35. The van der Waals surface area contributed by atoms with Crippen LogP contribution in [0.15, 0.2) is 42.5 Å². The Bertz CT molecular complexity index is 577. The van der Waals surface area contributed by atoms with Crippen LogP contribution in [-0.2, 0) is 0 Å². The average molecular weight is 284 g/mol. The maximum absolute atomic E-state index is 13.5. The topological polar surface area (TPSA) is 35.2 Å². The molecule has 0 bridgehead atoms. The normalized spacial score (nSPS) is 12.2. The Hall–Kier alpha value is -1.65. The van der Waals surface area contributed by atoms with Crippen molar-refractivity contribution in [2.75, 3.05) is 6.54 Å². The number of rotatable bonds is 4. The molecule has 1 unspecified atom stereocenters. The number of ether oxygens (including phenoxy) is 1. The van der Waals surface area contributed by atoms with Gasteiger partial charge in [-0.15, -0.1) is 0 Å². The van der Waals surface area contributed by atoms with Crippen molar-refractivity contribution in [1.82, 2.24) is 0 Å². The highest BCUT2D eigenvalue weighted by molar-refractivity contribution is 6.31. The summed E-state index contributed by atoms with van der Waals surface area (Å²) in [7, 11) is 0. The van der Waals surface area contributed by atoms with Crippen molar-refractivity contribution in [1.29, 1.82) is 0 Å². The summed E-state index contributed by atoms with van der Waals surface area (Å²) in [6.45, 7) is 0.126. The lowest BCUT2D eigenvalue weighted by Gasteiger charge is -2.19. The largest absolute Gasteiger partial charge is 0.481 e. The van der Waals surface area contributed by atoms with Gasteiger partial charge in [0.15, 0.2) is 11.6 Å². The minimum Gasteiger partial charge on any atom is -0.481 e. The van der Waals surface area contributed by atoms with Crippen LogP contribution < -0.4 is 10.5 Å². The molecule has 100 valence electrons. The molecule has 0 fully saturated rings. The second kappa shape index (κ2) is 5.99. The monoisotopic (exact) mass is 283 g/mol. The third-order valence-corrected chi connectivity index (χ3v) is 2.97. The first kappa shape index (κ1) is 13.8. The number of halogens is 3. The van der Waals surface area contributed by atoms with Crippen LogP contribution in [-0.4, -0.2) is 6.54 Å². The molecule has 2 rings (SSSR count). The molecule has 0 aliphatic carbocycles. The molecule has 1 atom stereocenters. The summed E-state index contributed by atoms with van der Waals surface area (Å²) in [6.07, 6.45) is -0.589. The third-order valence-electron chi connectivity index (χ3n) is 2.63. The van der Waals surface area contributed by atoms with Crippen molar-refractivity contribution in [3.8, 4) is 5.75 Å². The molecule has 5 heteroatoms. The molecule has 0 spiro atoms. The minimum atomic E-state index is -0.773. The van der Waals surface area contributed by atoms with E-state index in [4.69, 9.17) is 22.1 Å². The molecule has 0 aliphatic heterocycles. The van der Waals surface area contributed by atoms with Gasteiger partial charge in [0.25, 0.3) is 0 Å². The average Bonchev–Trinajstić information content (AvgIpc) is 2.39. The molecule has 0 heterocycles. The van der Waals surface area contributed by atoms with Crippen LogP contribution in [0.2, 0.25) is 5.02 Å². The summed E-state index contributed by atoms with van der Waals surface area (Å²) in [6, 6.07) is 10.1. The van der Waals surface area contributed by atoms with Gasteiger partial charge in [-0.05, 0) is 18.2 Å². The standard InChI is InChI=1S/C14H12ClF2NO/c15-11-4-2-1-3-10(11)14(8-18)19-13-6-5-9(16)7-12(13)17/h1-7,14H,8,18H2. The molecule has 0 amide bonds. The Morgan fingerprint density at radius 3 is 2.53 bits per heavy atom. The highest BCUT2D eigenvalue weighted by Gasteiger charge is 2.16. The molecular formula is C14H12ClF2NO. The highest BCUT2D eigenvalue weighted by atomic mass is 35.5. The summed E-state index contributed by atoms with van der Waals surface area (Å²) in [5, 5.41) is 0.487. The Kier molecular flexibility index (Phi) is 4.35. The molecule has 0 saturated heterocycles. The van der Waals surface area contributed by atoms with Crippen molar-refractivity contribution in [2.24, 2.45) is 5.73 Å². The molecule has 19 heavy (non-hydrogen) atoms. The van der Waals surface area contributed by atoms with Crippen molar-refractivity contribution in [3.63, 3.8) is 0 Å². The van der Waals surface area contributed by atoms with Gasteiger partial charge in [0, 0.05) is 23.2 Å². The Labute approximate surface area is 114 Å². The van der Waals surface area contributed by atoms with E-state index in [1.54, 1.807) is 24.3 Å². The summed E-state index contributed by atoms with van der Waals surface area (Å²) < 4.78 is 31.8. The fourth-order valence-electron chi connectivity index (χ4n) is 1.70. The van der Waals surface area contributed by atoms with Crippen LogP contribution in [0.3, 0.4) is 0 Å². The van der Waals surface area contributed by atoms with Gasteiger partial charge in [-0.2, -0.15) is 0 Å². The van der Waals surface area contributed by atoms with E-state index in [2.05, 4.69) is 0 Å². The van der Waals surface area contributed by atoms with Gasteiger partial charge < -0.3 is 10.5 Å². The zero-order valence-electron chi connectivity index (χ0n) is 9.95. The summed E-state index contributed by atoms with van der Waals surface area (Å²) in [4.78, 5) is 0. The van der Waals surface area contributed by atoms with E-state index >= 15 is 0 Å². The van der Waals surface area contributed by atoms with Gasteiger partial charge >= 0.3 is 0 Å². The van der Waals surface area contributed by atoms with Crippen LogP contribution in [0.25, 0.3) is 0 Å². The van der Waals surface area contributed by atoms with E-state index in [1.807, 2.05) is 0 Å². The number of nitrogens with two attached hydrogens (primary N) is 1. The Morgan fingerprint density at radius 2 is 1.89 bits per heavy atom. The lowest BCUT2D eigenvalue weighted by atomic mass is 10.1. The number of hydrogen-bond donors (Lipinski definition) is 1. The highest BCUT2D eigenvalue weighted by Crippen LogP contribution is 2.28. The quantitative estimate of drug-likeness (QED) is 0.929. The smallest absolute Gasteiger partial charge is 0.168 e. The van der Waals surface area contributed by atoms with Crippen molar-refractivity contribution < 1.29 is 13.5 Å². The zero-order valence-corrected chi connectivity index (χ0v) is 10.7. The molecule has 2 aromatic rings. The lowest BCUT2D eigenvalue weighted by Crippen LogP contribution is -2.19. The van der Waals surface area contributed by atoms with E-state index in [0.29, 0.717) is 10.6 Å². The molecule has 2 nitrogen and oxygen atoms in total. The molecule has 0 saturated carbocycles. The van der Waals surface area contributed by atoms with Crippen LogP contribution >= 0.6 is 11.6 Å². The molecular weight excluding hydrogens is 272 g/mol. The van der Waals surface area contributed by atoms with E-state index in [0.717, 1.165) is 12.1 Å². The third kappa shape index (κ3) is 3.22. The number of benzene rings is 2. The first-order valence-electron chi connectivity index (χ1n) is 5.68. The van der Waals surface area contributed by atoms with Gasteiger partial charge in [0.1, 0.15) is 11.9 Å². The molecule has 0 aliphatic rings. The maximum atomic E-state index is 13.5. The van der Waals surface area contributed by atoms with E-state index in [9.17, 15) is 8.78 Å². The van der Waals surface area contributed by atoms with Gasteiger partial charge in [-0.3, -0.25) is 0 Å². The van der Waals surface area contributed by atoms with Gasteiger partial charge in [-0.1, -0.05) is 29.8 Å². The number of hydrogen-bond acceptors (Lipinski definition) is 2. The van der Waals surface area contributed by atoms with Gasteiger partial charge in [0.05, 0.1) is 0 Å². The summed E-state index contributed by atoms with van der Waals surface area (Å²) in [5.74, 6) is -1.49. The predicted molar refractivity (Wildman–Crippen MR) is 70.2 cm³/mol. The Morgan fingerprint density at radius 1 is 1.16 bits per heavy atom. The fraction of sp³-hybridized carbons (Fsp3) is 0.143. The second-order valence-electron chi connectivity index (χ2n) is 3.94. The van der Waals surface area contributed by atoms with Crippen molar-refractivity contribution in [3.05, 3.63) is 64.7 Å². The predicted octanol–water partition coefficient (Wildman–Crippen LogP) is 3.70. The summed E-state index contributed by atoms with van der Waals surface area (Å²) >= 11 is 6.04. The molecule has 0 aromatic heterocycles. The Balaban J connectivity index is 2.27. The van der Waals surface area contributed by atoms with Crippen molar-refractivity contribution in [2.45, 2.75) is 6.10 Å². The zero-order chi connectivity index (χ0) is 13.8. The van der Waals surface area contributed by atoms with Crippen LogP contribution in [0, 0.1) is 11.6 Å². The molecule has 2 N–H and O–H groups in total. The maximum Gasteiger partial charge on any atom is 0.168 e. The van der Waals surface area contributed by atoms with Crippen LogP contribution in [0.4, 0.5) is 8.78 Å². The molecule has 0 radical (unpaired) electrons. The van der Waals surface area contributed by atoms with Crippen molar-refractivity contribution >= 4 is 11.6 Å². The first-order valence-corrected chi connectivity index (χ1v) is 6.06. The van der Waals surface area contributed by atoms with Gasteiger partial charge in [-0.25, -0.2) is 8.78 Å². The summed E-state index contributed by atoms with van der Waals surface area (Å²) in [5.41, 5.74) is 6.28. The van der Waals surface area contributed by atoms with E-state index in [1.165, 1.54) is 6.07 Å².